The van der Waals surface area contributed by atoms with Crippen LogP contribution in [0.25, 0.3) is 0 Å². The fourth-order valence-electron chi connectivity index (χ4n) is 1.82. The highest BCUT2D eigenvalue weighted by molar-refractivity contribution is 7.99. The summed E-state index contributed by atoms with van der Waals surface area (Å²) < 4.78 is 0. The van der Waals surface area contributed by atoms with Crippen LogP contribution >= 0.6 is 11.8 Å². The van der Waals surface area contributed by atoms with E-state index in [1.165, 1.54) is 24.6 Å². The summed E-state index contributed by atoms with van der Waals surface area (Å²) >= 11 is 2.06. The van der Waals surface area contributed by atoms with Crippen LogP contribution < -0.4 is 10.6 Å². The molecule has 4 nitrogen and oxygen atoms in total. The van der Waals surface area contributed by atoms with Gasteiger partial charge in [-0.1, -0.05) is 0 Å². The van der Waals surface area contributed by atoms with Crippen LogP contribution in [-0.2, 0) is 0 Å². The van der Waals surface area contributed by atoms with Gasteiger partial charge in [0.15, 0.2) is 5.96 Å². The van der Waals surface area contributed by atoms with Crippen LogP contribution in [0.4, 0.5) is 0 Å². The second-order valence-electron chi connectivity index (χ2n) is 4.12. The number of rotatable bonds is 3. The van der Waals surface area contributed by atoms with E-state index in [1.807, 2.05) is 0 Å². The van der Waals surface area contributed by atoms with Gasteiger partial charge in [0.1, 0.15) is 0 Å². The third-order valence-corrected chi connectivity index (χ3v) is 3.67. The molecule has 5 heteroatoms. The average molecular weight is 228 g/mol. The normalized spacial score (nSPS) is 27.3. The van der Waals surface area contributed by atoms with Crippen molar-refractivity contribution >= 4 is 17.7 Å². The molecule has 0 amide bonds. The summed E-state index contributed by atoms with van der Waals surface area (Å²) in [5, 5.41) is 6.66. The topological polar surface area (TPSA) is 39.7 Å². The summed E-state index contributed by atoms with van der Waals surface area (Å²) in [5.74, 6) is 3.56. The minimum atomic E-state index is 0.499. The summed E-state index contributed by atoms with van der Waals surface area (Å²) in [5.41, 5.74) is 0. The Morgan fingerprint density at radius 2 is 2.33 bits per heavy atom. The highest BCUT2D eigenvalue weighted by Gasteiger charge is 2.13. The predicted octanol–water partition coefficient (Wildman–Crippen LogP) is -0.0275. The average Bonchev–Trinajstić information content (AvgIpc) is 2.66. The monoisotopic (exact) mass is 228 g/mol. The van der Waals surface area contributed by atoms with Crippen molar-refractivity contribution < 1.29 is 0 Å². The Morgan fingerprint density at radius 1 is 1.53 bits per heavy atom. The SMILES string of the molecule is CC1CN=C(NCCN2CCSCC2)N1. The lowest BCUT2D eigenvalue weighted by Crippen LogP contribution is -2.43. The lowest BCUT2D eigenvalue weighted by atomic mass is 10.4. The van der Waals surface area contributed by atoms with Gasteiger partial charge in [-0.3, -0.25) is 9.89 Å². The maximum absolute atomic E-state index is 4.37. The molecule has 1 unspecified atom stereocenters. The highest BCUT2D eigenvalue weighted by atomic mass is 32.2. The first-order chi connectivity index (χ1) is 7.34. The van der Waals surface area contributed by atoms with Crippen LogP contribution in [0.5, 0.6) is 0 Å². The van der Waals surface area contributed by atoms with Crippen molar-refractivity contribution in [3.05, 3.63) is 0 Å². The third kappa shape index (κ3) is 3.57. The molecule has 2 rings (SSSR count). The zero-order valence-corrected chi connectivity index (χ0v) is 10.1. The van der Waals surface area contributed by atoms with Gasteiger partial charge < -0.3 is 10.6 Å². The Morgan fingerprint density at radius 3 is 3.00 bits per heavy atom. The Labute approximate surface area is 95.9 Å². The molecule has 0 bridgehead atoms. The van der Waals surface area contributed by atoms with Crippen LogP contribution in [0.2, 0.25) is 0 Å². The minimum Gasteiger partial charge on any atom is -0.355 e. The van der Waals surface area contributed by atoms with Crippen molar-refractivity contribution in [1.29, 1.82) is 0 Å². The van der Waals surface area contributed by atoms with Crippen LogP contribution in [0.15, 0.2) is 4.99 Å². The molecule has 2 aliphatic heterocycles. The Kier molecular flexibility index (Phi) is 4.14. The lowest BCUT2D eigenvalue weighted by Gasteiger charge is -2.26. The van der Waals surface area contributed by atoms with Crippen LogP contribution in [0.3, 0.4) is 0 Å². The molecule has 0 aliphatic carbocycles. The van der Waals surface area contributed by atoms with Gasteiger partial charge in [-0.05, 0) is 6.92 Å². The minimum absolute atomic E-state index is 0.499. The molecule has 15 heavy (non-hydrogen) atoms. The molecule has 1 atom stereocenters. The fraction of sp³-hybridized carbons (Fsp3) is 0.900. The number of nitrogens with one attached hydrogen (secondary N) is 2. The summed E-state index contributed by atoms with van der Waals surface area (Å²) in [6.07, 6.45) is 0. The van der Waals surface area contributed by atoms with Crippen molar-refractivity contribution in [3.8, 4) is 0 Å². The molecule has 0 aromatic rings. The van der Waals surface area contributed by atoms with E-state index >= 15 is 0 Å². The molecule has 1 saturated heterocycles. The van der Waals surface area contributed by atoms with E-state index in [9.17, 15) is 0 Å². The standard InChI is InChI=1S/C10H20N4S/c1-9-8-12-10(13-9)11-2-3-14-4-6-15-7-5-14/h9H,2-8H2,1H3,(H2,11,12,13). The molecule has 86 valence electrons. The van der Waals surface area contributed by atoms with Gasteiger partial charge in [-0.2, -0.15) is 11.8 Å². The van der Waals surface area contributed by atoms with E-state index < -0.39 is 0 Å². The smallest absolute Gasteiger partial charge is 0.191 e. The fourth-order valence-corrected chi connectivity index (χ4v) is 2.80. The van der Waals surface area contributed by atoms with Crippen LogP contribution in [-0.4, -0.2) is 61.1 Å². The van der Waals surface area contributed by atoms with Gasteiger partial charge in [-0.15, -0.1) is 0 Å². The largest absolute Gasteiger partial charge is 0.355 e. The summed E-state index contributed by atoms with van der Waals surface area (Å²) in [6.45, 7) is 7.67. The molecular weight excluding hydrogens is 208 g/mol. The molecular formula is C10H20N4S. The van der Waals surface area contributed by atoms with Crippen molar-refractivity contribution in [2.24, 2.45) is 4.99 Å². The van der Waals surface area contributed by atoms with E-state index in [0.29, 0.717) is 6.04 Å². The second kappa shape index (κ2) is 5.61. The van der Waals surface area contributed by atoms with Gasteiger partial charge in [0, 0.05) is 43.7 Å². The molecule has 0 aromatic heterocycles. The summed E-state index contributed by atoms with van der Waals surface area (Å²) in [7, 11) is 0. The zero-order chi connectivity index (χ0) is 10.5. The van der Waals surface area contributed by atoms with Crippen molar-refractivity contribution in [1.82, 2.24) is 15.5 Å². The number of guanidine groups is 1. The van der Waals surface area contributed by atoms with E-state index in [4.69, 9.17) is 0 Å². The van der Waals surface area contributed by atoms with Crippen LogP contribution in [0, 0.1) is 0 Å². The molecule has 0 radical (unpaired) electrons. The quantitative estimate of drug-likeness (QED) is 0.712. The first kappa shape index (κ1) is 11.1. The first-order valence-corrected chi connectivity index (χ1v) is 6.85. The number of hydrogen-bond donors (Lipinski definition) is 2. The molecule has 2 N–H and O–H groups in total. The van der Waals surface area contributed by atoms with Gasteiger partial charge in [0.2, 0.25) is 0 Å². The lowest BCUT2D eigenvalue weighted by molar-refractivity contribution is 0.307. The van der Waals surface area contributed by atoms with E-state index in [1.54, 1.807) is 0 Å². The molecule has 0 aromatic carbocycles. The maximum Gasteiger partial charge on any atom is 0.191 e. The van der Waals surface area contributed by atoms with E-state index in [-0.39, 0.29) is 0 Å². The Balaban J connectivity index is 1.58. The maximum atomic E-state index is 4.37. The van der Waals surface area contributed by atoms with E-state index in [2.05, 4.69) is 39.2 Å². The second-order valence-corrected chi connectivity index (χ2v) is 5.34. The molecule has 2 aliphatic rings. The molecule has 1 fully saturated rings. The number of thioether (sulfide) groups is 1. The summed E-state index contributed by atoms with van der Waals surface area (Å²) in [6, 6.07) is 0.499. The summed E-state index contributed by atoms with van der Waals surface area (Å²) in [4.78, 5) is 6.89. The molecule has 0 spiro atoms. The third-order valence-electron chi connectivity index (χ3n) is 2.73. The number of aliphatic imine (C=N–C) groups is 1. The number of hydrogen-bond acceptors (Lipinski definition) is 5. The number of nitrogens with zero attached hydrogens (tertiary/aromatic N) is 2. The predicted molar refractivity (Wildman–Crippen MR) is 66.7 cm³/mol. The van der Waals surface area contributed by atoms with Crippen molar-refractivity contribution in [2.45, 2.75) is 13.0 Å². The Hall–Kier alpha value is -0.420. The van der Waals surface area contributed by atoms with Crippen LogP contribution in [0.1, 0.15) is 6.92 Å². The van der Waals surface area contributed by atoms with Gasteiger partial charge in [0.05, 0.1) is 6.54 Å². The van der Waals surface area contributed by atoms with Gasteiger partial charge in [0.25, 0.3) is 0 Å². The van der Waals surface area contributed by atoms with E-state index in [0.717, 1.165) is 25.6 Å². The molecule has 2 heterocycles. The van der Waals surface area contributed by atoms with Gasteiger partial charge >= 0.3 is 0 Å². The highest BCUT2D eigenvalue weighted by Crippen LogP contribution is 2.07. The molecule has 0 saturated carbocycles. The van der Waals surface area contributed by atoms with Crippen molar-refractivity contribution in [3.63, 3.8) is 0 Å². The Bertz CT molecular complexity index is 225. The zero-order valence-electron chi connectivity index (χ0n) is 9.33. The van der Waals surface area contributed by atoms with Gasteiger partial charge in [-0.25, -0.2) is 0 Å². The first-order valence-electron chi connectivity index (χ1n) is 5.69. The van der Waals surface area contributed by atoms with Crippen molar-refractivity contribution in [2.75, 3.05) is 44.2 Å².